The number of carbonyl (C=O) groups is 2. The van der Waals surface area contributed by atoms with Gasteiger partial charge < -0.3 is 4.74 Å². The van der Waals surface area contributed by atoms with E-state index in [1.807, 2.05) is 31.2 Å². The molecule has 2 rings (SSSR count). The summed E-state index contributed by atoms with van der Waals surface area (Å²) in [5, 5.41) is 0.405. The molecule has 0 aliphatic rings. The van der Waals surface area contributed by atoms with Crippen LogP contribution in [-0.2, 0) is 4.79 Å². The van der Waals surface area contributed by atoms with Gasteiger partial charge in [0.25, 0.3) is 5.91 Å². The quantitative estimate of drug-likeness (QED) is 0.631. The molecule has 0 aliphatic carbocycles. The number of amides is 2. The first kappa shape index (κ1) is 18.2. The van der Waals surface area contributed by atoms with Crippen molar-refractivity contribution in [2.45, 2.75) is 11.8 Å². The Morgan fingerprint density at radius 3 is 2.62 bits per heavy atom. The van der Waals surface area contributed by atoms with Crippen LogP contribution in [-0.4, -0.2) is 24.7 Å². The molecule has 126 valence electrons. The lowest BCUT2D eigenvalue weighted by atomic mass is 10.2. The summed E-state index contributed by atoms with van der Waals surface area (Å²) in [6.45, 7) is 1.98. The van der Waals surface area contributed by atoms with Crippen molar-refractivity contribution in [3.63, 3.8) is 0 Å². The highest BCUT2D eigenvalue weighted by molar-refractivity contribution is 8.00. The summed E-state index contributed by atoms with van der Waals surface area (Å²) in [5.41, 5.74) is 6.09. The number of aryl methyl sites for hydroxylation is 1. The number of nitrogens with one attached hydrogen (secondary N) is 2. The molecule has 0 spiro atoms. The highest BCUT2D eigenvalue weighted by Crippen LogP contribution is 2.23. The van der Waals surface area contributed by atoms with Crippen LogP contribution in [0.25, 0.3) is 0 Å². The minimum atomic E-state index is -0.497. The summed E-state index contributed by atoms with van der Waals surface area (Å²) < 4.78 is 5.11. The van der Waals surface area contributed by atoms with Crippen LogP contribution in [0.1, 0.15) is 15.9 Å². The number of hydrogen-bond donors (Lipinski definition) is 2. The first-order valence-corrected chi connectivity index (χ1v) is 8.48. The average Bonchev–Trinajstić information content (AvgIpc) is 2.59. The largest absolute Gasteiger partial charge is 0.496 e. The van der Waals surface area contributed by atoms with Gasteiger partial charge in [-0.25, -0.2) is 0 Å². The number of hydrazine groups is 1. The molecule has 0 heterocycles. The Balaban J connectivity index is 1.89. The zero-order valence-electron chi connectivity index (χ0n) is 13.3. The second-order valence-electron chi connectivity index (χ2n) is 4.90. The van der Waals surface area contributed by atoms with E-state index in [1.54, 1.807) is 12.1 Å². The van der Waals surface area contributed by atoms with E-state index >= 15 is 0 Å². The summed E-state index contributed by atoms with van der Waals surface area (Å²) in [4.78, 5) is 25.0. The highest BCUT2D eigenvalue weighted by Gasteiger charge is 2.14. The van der Waals surface area contributed by atoms with E-state index in [0.29, 0.717) is 10.8 Å². The molecular formula is C17H17ClN2O3S. The molecule has 0 saturated carbocycles. The van der Waals surface area contributed by atoms with Gasteiger partial charge in [-0.15, -0.1) is 11.8 Å². The van der Waals surface area contributed by atoms with Crippen molar-refractivity contribution in [3.8, 4) is 5.75 Å². The first-order chi connectivity index (χ1) is 11.5. The summed E-state index contributed by atoms with van der Waals surface area (Å²) >= 11 is 7.29. The molecule has 5 nitrogen and oxygen atoms in total. The van der Waals surface area contributed by atoms with Crippen LogP contribution in [0.3, 0.4) is 0 Å². The minimum absolute atomic E-state index is 0.192. The topological polar surface area (TPSA) is 67.4 Å². The standard InChI is InChI=1S/C17H17ClN2O3S/c1-11-5-3-4-6-15(11)24-10-16(21)19-20-17(22)13-9-12(18)7-8-14(13)23-2/h3-9H,10H2,1-2H3,(H,19,21)(H,20,22). The third kappa shape index (κ3) is 4.91. The van der Waals surface area contributed by atoms with Gasteiger partial charge in [-0.3, -0.25) is 20.4 Å². The molecule has 7 heteroatoms. The van der Waals surface area contributed by atoms with Crippen molar-refractivity contribution in [2.75, 3.05) is 12.9 Å². The molecule has 24 heavy (non-hydrogen) atoms. The van der Waals surface area contributed by atoms with Gasteiger partial charge in [-0.1, -0.05) is 29.8 Å². The van der Waals surface area contributed by atoms with E-state index in [0.717, 1.165) is 10.5 Å². The highest BCUT2D eigenvalue weighted by atomic mass is 35.5. The molecule has 0 unspecified atom stereocenters. The third-order valence-corrected chi connectivity index (χ3v) is 4.58. The maximum atomic E-state index is 12.1. The van der Waals surface area contributed by atoms with Crippen LogP contribution >= 0.6 is 23.4 Å². The number of rotatable bonds is 5. The predicted octanol–water partition coefficient (Wildman–Crippen LogP) is 3.21. The van der Waals surface area contributed by atoms with Crippen LogP contribution < -0.4 is 15.6 Å². The minimum Gasteiger partial charge on any atom is -0.496 e. The molecular weight excluding hydrogens is 348 g/mol. The number of benzene rings is 2. The van der Waals surface area contributed by atoms with Gasteiger partial charge in [0, 0.05) is 9.92 Å². The first-order valence-electron chi connectivity index (χ1n) is 7.12. The van der Waals surface area contributed by atoms with Crippen molar-refractivity contribution >= 4 is 35.2 Å². The number of methoxy groups -OCH3 is 1. The molecule has 0 bridgehead atoms. The van der Waals surface area contributed by atoms with Gasteiger partial charge in [0.2, 0.25) is 5.91 Å². The summed E-state index contributed by atoms with van der Waals surface area (Å²) in [6.07, 6.45) is 0. The number of hydrogen-bond acceptors (Lipinski definition) is 4. The fraction of sp³-hybridized carbons (Fsp3) is 0.176. The summed E-state index contributed by atoms with van der Waals surface area (Å²) in [7, 11) is 1.46. The Labute approximate surface area is 149 Å². The Morgan fingerprint density at radius 1 is 1.17 bits per heavy atom. The van der Waals surface area contributed by atoms with Crippen molar-refractivity contribution < 1.29 is 14.3 Å². The van der Waals surface area contributed by atoms with E-state index in [-0.39, 0.29) is 17.2 Å². The Kier molecular flexibility index (Phi) is 6.52. The molecule has 2 N–H and O–H groups in total. The molecule has 0 atom stereocenters. The maximum absolute atomic E-state index is 12.1. The second kappa shape index (κ2) is 8.61. The zero-order valence-corrected chi connectivity index (χ0v) is 14.8. The van der Waals surface area contributed by atoms with Gasteiger partial charge in [-0.05, 0) is 36.8 Å². The van der Waals surface area contributed by atoms with E-state index in [1.165, 1.54) is 24.9 Å². The fourth-order valence-electron chi connectivity index (χ4n) is 1.95. The second-order valence-corrected chi connectivity index (χ2v) is 6.35. The Bertz CT molecular complexity index is 752. The molecule has 0 aromatic heterocycles. The number of thioether (sulfide) groups is 1. The van der Waals surface area contributed by atoms with E-state index in [4.69, 9.17) is 16.3 Å². The summed E-state index contributed by atoms with van der Waals surface area (Å²) in [6, 6.07) is 12.5. The van der Waals surface area contributed by atoms with Gasteiger partial charge in [-0.2, -0.15) is 0 Å². The SMILES string of the molecule is COc1ccc(Cl)cc1C(=O)NNC(=O)CSc1ccccc1C. The van der Waals surface area contributed by atoms with E-state index in [9.17, 15) is 9.59 Å². The molecule has 2 amide bonds. The summed E-state index contributed by atoms with van der Waals surface area (Å²) in [5.74, 6) is -0.237. The van der Waals surface area contributed by atoms with Gasteiger partial charge in [0.05, 0.1) is 18.4 Å². The Hall–Kier alpha value is -2.18. The van der Waals surface area contributed by atoms with E-state index in [2.05, 4.69) is 10.9 Å². The van der Waals surface area contributed by atoms with E-state index < -0.39 is 5.91 Å². The van der Waals surface area contributed by atoms with Crippen molar-refractivity contribution in [1.82, 2.24) is 10.9 Å². The predicted molar refractivity (Wildman–Crippen MR) is 95.5 cm³/mol. The average molecular weight is 365 g/mol. The molecule has 2 aromatic carbocycles. The van der Waals surface area contributed by atoms with Crippen molar-refractivity contribution in [3.05, 3.63) is 58.6 Å². The van der Waals surface area contributed by atoms with Gasteiger partial charge >= 0.3 is 0 Å². The lowest BCUT2D eigenvalue weighted by Crippen LogP contribution is -2.42. The zero-order chi connectivity index (χ0) is 17.5. The van der Waals surface area contributed by atoms with Crippen LogP contribution in [0.5, 0.6) is 5.75 Å². The lowest BCUT2D eigenvalue weighted by Gasteiger charge is -2.11. The number of halogens is 1. The third-order valence-electron chi connectivity index (χ3n) is 3.17. The monoisotopic (exact) mass is 364 g/mol. The molecule has 0 fully saturated rings. The van der Waals surface area contributed by atoms with Gasteiger partial charge in [0.15, 0.2) is 0 Å². The number of ether oxygens (including phenoxy) is 1. The van der Waals surface area contributed by atoms with Gasteiger partial charge in [0.1, 0.15) is 5.75 Å². The van der Waals surface area contributed by atoms with Crippen LogP contribution in [0.4, 0.5) is 0 Å². The van der Waals surface area contributed by atoms with Crippen LogP contribution in [0, 0.1) is 6.92 Å². The molecule has 0 aliphatic heterocycles. The van der Waals surface area contributed by atoms with Crippen LogP contribution in [0.15, 0.2) is 47.4 Å². The molecule has 0 radical (unpaired) electrons. The number of carbonyl (C=O) groups excluding carboxylic acids is 2. The normalized spacial score (nSPS) is 10.1. The van der Waals surface area contributed by atoms with Crippen molar-refractivity contribution in [1.29, 1.82) is 0 Å². The molecule has 2 aromatic rings. The fourth-order valence-corrected chi connectivity index (χ4v) is 2.95. The Morgan fingerprint density at radius 2 is 1.92 bits per heavy atom. The van der Waals surface area contributed by atoms with Crippen LogP contribution in [0.2, 0.25) is 5.02 Å². The lowest BCUT2D eigenvalue weighted by molar-refractivity contribution is -0.119. The smallest absolute Gasteiger partial charge is 0.273 e. The van der Waals surface area contributed by atoms with Crippen molar-refractivity contribution in [2.24, 2.45) is 0 Å². The maximum Gasteiger partial charge on any atom is 0.273 e. The molecule has 0 saturated heterocycles.